The monoisotopic (exact) mass is 444 g/mol. The third-order valence-corrected chi connectivity index (χ3v) is 7.64. The molecule has 0 spiro atoms. The molecule has 3 aromatic rings. The molecule has 1 saturated carbocycles. The van der Waals surface area contributed by atoms with Gasteiger partial charge in [-0.2, -0.15) is 5.10 Å². The molecule has 3 aromatic heterocycles. The summed E-state index contributed by atoms with van der Waals surface area (Å²) in [6, 6.07) is 3.81. The minimum atomic E-state index is -3.81. The van der Waals surface area contributed by atoms with Gasteiger partial charge in [0, 0.05) is 29.4 Å². The Morgan fingerprint density at radius 3 is 2.87 bits per heavy atom. The first-order chi connectivity index (χ1) is 14.4. The highest BCUT2D eigenvalue weighted by atomic mass is 32.2. The third kappa shape index (κ3) is 4.45. The van der Waals surface area contributed by atoms with Gasteiger partial charge in [0.1, 0.15) is 10.0 Å². The molecule has 4 N–H and O–H groups in total. The summed E-state index contributed by atoms with van der Waals surface area (Å²) >= 11 is 1.10. The first-order valence-electron chi connectivity index (χ1n) is 9.86. The maximum absolute atomic E-state index is 12.0. The normalized spacial score (nSPS) is 14.1. The van der Waals surface area contributed by atoms with E-state index in [0.29, 0.717) is 40.2 Å². The van der Waals surface area contributed by atoms with E-state index in [9.17, 15) is 8.42 Å². The highest BCUT2D eigenvalue weighted by Gasteiger charge is 2.26. The maximum Gasteiger partial charge on any atom is 0.247 e. The standard InChI is InChI=1S/C20H24N6O2S2/c1-3-5-6-14-9-16(29-20(14)30(21,27)28)19-22-11-12(4-2)18(24-19)23-17-10-15(25-26-17)13-7-8-13/h4,9-11,13H,2-3,5-8H2,1H3,(H2,21,27,28)(H2,22,23,24,25,26). The number of aryl methyl sites for hydroxylation is 1. The highest BCUT2D eigenvalue weighted by Crippen LogP contribution is 2.40. The lowest BCUT2D eigenvalue weighted by Crippen LogP contribution is -2.12. The number of thiophene rings is 1. The van der Waals surface area contributed by atoms with Crippen molar-refractivity contribution in [3.8, 4) is 10.7 Å². The van der Waals surface area contributed by atoms with Gasteiger partial charge in [-0.3, -0.25) is 5.10 Å². The minimum Gasteiger partial charge on any atom is -0.323 e. The van der Waals surface area contributed by atoms with Gasteiger partial charge in [-0.25, -0.2) is 23.5 Å². The Bertz CT molecular complexity index is 1180. The molecule has 0 aromatic carbocycles. The van der Waals surface area contributed by atoms with Crippen molar-refractivity contribution in [3.63, 3.8) is 0 Å². The van der Waals surface area contributed by atoms with E-state index in [2.05, 4.69) is 39.0 Å². The van der Waals surface area contributed by atoms with Crippen LogP contribution in [-0.4, -0.2) is 28.6 Å². The van der Waals surface area contributed by atoms with Crippen molar-refractivity contribution in [2.24, 2.45) is 5.14 Å². The number of nitrogens with two attached hydrogens (primary N) is 1. The van der Waals surface area contributed by atoms with E-state index in [0.717, 1.165) is 35.4 Å². The second-order valence-corrected chi connectivity index (χ2v) is 10.2. The lowest BCUT2D eigenvalue weighted by atomic mass is 10.1. The van der Waals surface area contributed by atoms with Gasteiger partial charge in [0.25, 0.3) is 0 Å². The Hall–Kier alpha value is -2.56. The highest BCUT2D eigenvalue weighted by molar-refractivity contribution is 7.91. The summed E-state index contributed by atoms with van der Waals surface area (Å²) in [6.07, 6.45) is 8.17. The van der Waals surface area contributed by atoms with E-state index in [1.54, 1.807) is 12.3 Å². The molecule has 4 rings (SSSR count). The number of hydrogen-bond donors (Lipinski definition) is 3. The lowest BCUT2D eigenvalue weighted by Gasteiger charge is -2.07. The molecule has 0 radical (unpaired) electrons. The van der Waals surface area contributed by atoms with Gasteiger partial charge >= 0.3 is 0 Å². The molecule has 10 heteroatoms. The van der Waals surface area contributed by atoms with Crippen molar-refractivity contribution in [3.05, 3.63) is 41.7 Å². The molecule has 0 atom stereocenters. The molecule has 8 nitrogen and oxygen atoms in total. The zero-order valence-corrected chi connectivity index (χ0v) is 18.3. The molecule has 0 unspecified atom stereocenters. The minimum absolute atomic E-state index is 0.179. The summed E-state index contributed by atoms with van der Waals surface area (Å²) in [5.41, 5.74) is 2.55. The van der Waals surface area contributed by atoms with E-state index in [1.165, 1.54) is 12.8 Å². The van der Waals surface area contributed by atoms with E-state index < -0.39 is 10.0 Å². The van der Waals surface area contributed by atoms with Crippen LogP contribution in [0.5, 0.6) is 0 Å². The summed E-state index contributed by atoms with van der Waals surface area (Å²) in [5, 5.41) is 16.0. The Labute approximate surface area is 179 Å². The van der Waals surface area contributed by atoms with Crippen molar-refractivity contribution >= 4 is 39.1 Å². The fourth-order valence-corrected chi connectivity index (χ4v) is 5.33. The third-order valence-electron chi connectivity index (χ3n) is 4.95. The number of nitrogens with one attached hydrogen (secondary N) is 2. The number of nitrogens with zero attached hydrogens (tertiary/aromatic N) is 3. The summed E-state index contributed by atoms with van der Waals surface area (Å²) in [6.45, 7) is 5.88. The van der Waals surface area contributed by atoms with Crippen LogP contribution in [-0.2, 0) is 16.4 Å². The van der Waals surface area contributed by atoms with E-state index in [4.69, 9.17) is 5.14 Å². The summed E-state index contributed by atoms with van der Waals surface area (Å²) in [4.78, 5) is 9.69. The van der Waals surface area contributed by atoms with E-state index in [-0.39, 0.29) is 4.21 Å². The molecule has 0 amide bonds. The lowest BCUT2D eigenvalue weighted by molar-refractivity contribution is 0.598. The van der Waals surface area contributed by atoms with Gasteiger partial charge in [-0.1, -0.05) is 26.0 Å². The van der Waals surface area contributed by atoms with Crippen LogP contribution in [0.15, 0.2) is 29.1 Å². The predicted molar refractivity (Wildman–Crippen MR) is 119 cm³/mol. The first kappa shape index (κ1) is 20.7. The van der Waals surface area contributed by atoms with Crippen LogP contribution in [0.4, 0.5) is 11.6 Å². The molecule has 0 bridgehead atoms. The van der Waals surface area contributed by atoms with Crippen LogP contribution in [0.3, 0.4) is 0 Å². The van der Waals surface area contributed by atoms with Crippen LogP contribution < -0.4 is 10.5 Å². The van der Waals surface area contributed by atoms with Gasteiger partial charge in [0.15, 0.2) is 11.6 Å². The largest absolute Gasteiger partial charge is 0.323 e. The smallest absolute Gasteiger partial charge is 0.247 e. The Kier molecular flexibility index (Phi) is 5.72. The topological polar surface area (TPSA) is 127 Å². The van der Waals surface area contributed by atoms with Crippen molar-refractivity contribution in [2.75, 3.05) is 5.32 Å². The second-order valence-electron chi connectivity index (χ2n) is 7.38. The Morgan fingerprint density at radius 2 is 2.20 bits per heavy atom. The number of aromatic amines is 1. The zero-order chi connectivity index (χ0) is 21.3. The van der Waals surface area contributed by atoms with Gasteiger partial charge in [0.05, 0.1) is 4.88 Å². The molecule has 1 aliphatic carbocycles. The molecule has 0 saturated heterocycles. The molecule has 30 heavy (non-hydrogen) atoms. The van der Waals surface area contributed by atoms with Gasteiger partial charge in [-0.15, -0.1) is 11.3 Å². The fraction of sp³-hybridized carbons (Fsp3) is 0.350. The van der Waals surface area contributed by atoms with Crippen LogP contribution >= 0.6 is 11.3 Å². The molecular weight excluding hydrogens is 420 g/mol. The Balaban J connectivity index is 1.68. The van der Waals surface area contributed by atoms with Crippen molar-refractivity contribution in [2.45, 2.75) is 49.2 Å². The van der Waals surface area contributed by atoms with Crippen molar-refractivity contribution in [1.29, 1.82) is 0 Å². The van der Waals surface area contributed by atoms with Crippen LogP contribution in [0.25, 0.3) is 16.8 Å². The number of rotatable bonds is 9. The SMILES string of the molecule is C=Cc1cnc(-c2cc(CCCC)c(S(N)(=O)=O)s2)nc1Nc1cc(C2CC2)[nH]n1. The fourth-order valence-electron chi connectivity index (χ4n) is 3.19. The van der Waals surface area contributed by atoms with Crippen molar-refractivity contribution in [1.82, 2.24) is 20.2 Å². The zero-order valence-electron chi connectivity index (χ0n) is 16.7. The van der Waals surface area contributed by atoms with E-state index in [1.807, 2.05) is 12.1 Å². The molecule has 158 valence electrons. The van der Waals surface area contributed by atoms with Crippen molar-refractivity contribution < 1.29 is 8.42 Å². The van der Waals surface area contributed by atoms with Gasteiger partial charge < -0.3 is 5.32 Å². The Morgan fingerprint density at radius 1 is 1.40 bits per heavy atom. The molecule has 0 aliphatic heterocycles. The summed E-state index contributed by atoms with van der Waals surface area (Å²) < 4.78 is 24.3. The van der Waals surface area contributed by atoms with Gasteiger partial charge in [-0.05, 0) is 37.3 Å². The summed E-state index contributed by atoms with van der Waals surface area (Å²) in [7, 11) is -3.81. The average molecular weight is 445 g/mol. The van der Waals surface area contributed by atoms with Crippen LogP contribution in [0.1, 0.15) is 55.3 Å². The number of primary sulfonamides is 1. The number of aromatic nitrogens is 4. The maximum atomic E-state index is 12.0. The summed E-state index contributed by atoms with van der Waals surface area (Å²) in [5.74, 6) is 2.23. The van der Waals surface area contributed by atoms with Gasteiger partial charge in [0.2, 0.25) is 10.0 Å². The number of hydrogen-bond acceptors (Lipinski definition) is 7. The quantitative estimate of drug-likeness (QED) is 0.454. The first-order valence-corrected chi connectivity index (χ1v) is 12.2. The molecule has 1 fully saturated rings. The molecule has 3 heterocycles. The van der Waals surface area contributed by atoms with Crippen LogP contribution in [0, 0.1) is 0 Å². The van der Waals surface area contributed by atoms with E-state index >= 15 is 0 Å². The van der Waals surface area contributed by atoms with Crippen LogP contribution in [0.2, 0.25) is 0 Å². The average Bonchev–Trinajstić information content (AvgIpc) is 3.29. The molecule has 1 aliphatic rings. The number of unbranched alkanes of at least 4 members (excludes halogenated alkanes) is 1. The predicted octanol–water partition coefficient (Wildman–Crippen LogP) is 4.18. The number of anilines is 2. The molecular formula is C20H24N6O2S2. The second kappa shape index (κ2) is 8.29. The number of H-pyrrole nitrogens is 1. The number of sulfonamides is 1.